The van der Waals surface area contributed by atoms with Crippen LogP contribution >= 0.6 is 0 Å². The molecule has 1 atom stereocenters. The summed E-state index contributed by atoms with van der Waals surface area (Å²) in [4.78, 5) is 0. The number of hydrogen-bond donors (Lipinski definition) is 2. The number of aliphatic hydroxyl groups excluding tert-OH is 1. The predicted octanol–water partition coefficient (Wildman–Crippen LogP) is 2.73. The molecule has 2 N–H and O–H groups in total. The minimum atomic E-state index is 0.258. The van der Waals surface area contributed by atoms with Crippen LogP contribution in [0, 0.1) is 19.8 Å². The first-order chi connectivity index (χ1) is 7.17. The molecular formula is C13H21NO. The fourth-order valence-corrected chi connectivity index (χ4v) is 1.60. The SMILES string of the molecule is CCC(CO)CNc1ccc(C)cc1C. The maximum Gasteiger partial charge on any atom is 0.0475 e. The van der Waals surface area contributed by atoms with Gasteiger partial charge in [-0.2, -0.15) is 0 Å². The van der Waals surface area contributed by atoms with Crippen LogP contribution in [0.2, 0.25) is 0 Å². The minimum absolute atomic E-state index is 0.258. The van der Waals surface area contributed by atoms with Crippen LogP contribution in [0.1, 0.15) is 24.5 Å². The standard InChI is InChI=1S/C13H21NO/c1-4-12(9-15)8-14-13-6-5-10(2)7-11(13)3/h5-7,12,14-15H,4,8-9H2,1-3H3. The van der Waals surface area contributed by atoms with Crippen LogP contribution in [0.3, 0.4) is 0 Å². The molecule has 0 aliphatic rings. The van der Waals surface area contributed by atoms with Gasteiger partial charge in [0.25, 0.3) is 0 Å². The molecule has 0 fully saturated rings. The van der Waals surface area contributed by atoms with Crippen molar-refractivity contribution < 1.29 is 5.11 Å². The highest BCUT2D eigenvalue weighted by Gasteiger charge is 2.04. The van der Waals surface area contributed by atoms with Gasteiger partial charge in [-0.3, -0.25) is 0 Å². The summed E-state index contributed by atoms with van der Waals surface area (Å²) in [5, 5.41) is 12.5. The quantitative estimate of drug-likeness (QED) is 0.778. The van der Waals surface area contributed by atoms with E-state index in [1.165, 1.54) is 16.8 Å². The zero-order valence-corrected chi connectivity index (χ0v) is 9.88. The molecule has 0 amide bonds. The van der Waals surface area contributed by atoms with E-state index in [2.05, 4.69) is 44.3 Å². The molecule has 1 aromatic carbocycles. The molecule has 0 aromatic heterocycles. The summed E-state index contributed by atoms with van der Waals surface area (Å²) >= 11 is 0. The van der Waals surface area contributed by atoms with Crippen molar-refractivity contribution in [2.75, 3.05) is 18.5 Å². The Kier molecular flexibility index (Phi) is 4.63. The van der Waals surface area contributed by atoms with Gasteiger partial charge in [0.05, 0.1) is 0 Å². The van der Waals surface area contributed by atoms with Crippen molar-refractivity contribution in [3.05, 3.63) is 29.3 Å². The van der Waals surface area contributed by atoms with E-state index in [4.69, 9.17) is 5.11 Å². The Balaban J connectivity index is 2.57. The van der Waals surface area contributed by atoms with Crippen molar-refractivity contribution >= 4 is 5.69 Å². The molecule has 0 bridgehead atoms. The Labute approximate surface area is 92.3 Å². The maximum absolute atomic E-state index is 9.08. The molecule has 0 aliphatic carbocycles. The van der Waals surface area contributed by atoms with Crippen LogP contribution in [-0.2, 0) is 0 Å². The summed E-state index contributed by atoms with van der Waals surface area (Å²) in [5.41, 5.74) is 3.72. The zero-order valence-electron chi connectivity index (χ0n) is 9.88. The first-order valence-electron chi connectivity index (χ1n) is 5.59. The number of rotatable bonds is 5. The number of anilines is 1. The number of benzene rings is 1. The molecule has 1 unspecified atom stereocenters. The Morgan fingerprint density at radius 1 is 1.33 bits per heavy atom. The summed E-state index contributed by atoms with van der Waals surface area (Å²) in [7, 11) is 0. The lowest BCUT2D eigenvalue weighted by molar-refractivity contribution is 0.230. The second-order valence-electron chi connectivity index (χ2n) is 4.16. The Morgan fingerprint density at radius 2 is 2.07 bits per heavy atom. The smallest absolute Gasteiger partial charge is 0.0475 e. The average molecular weight is 207 g/mol. The normalized spacial score (nSPS) is 12.5. The van der Waals surface area contributed by atoms with Crippen molar-refractivity contribution in [3.63, 3.8) is 0 Å². The Morgan fingerprint density at radius 3 is 2.60 bits per heavy atom. The average Bonchev–Trinajstić information content (AvgIpc) is 2.22. The molecule has 0 saturated heterocycles. The van der Waals surface area contributed by atoms with E-state index in [1.807, 2.05) is 0 Å². The van der Waals surface area contributed by atoms with Crippen molar-refractivity contribution in [3.8, 4) is 0 Å². The van der Waals surface area contributed by atoms with Gasteiger partial charge in [0.1, 0.15) is 0 Å². The highest BCUT2D eigenvalue weighted by Crippen LogP contribution is 2.16. The molecule has 15 heavy (non-hydrogen) atoms. The summed E-state index contributed by atoms with van der Waals surface area (Å²) < 4.78 is 0. The molecule has 0 aliphatic heterocycles. The third-order valence-electron chi connectivity index (χ3n) is 2.80. The van der Waals surface area contributed by atoms with Crippen LogP contribution in [0.25, 0.3) is 0 Å². The molecular weight excluding hydrogens is 186 g/mol. The van der Waals surface area contributed by atoms with Gasteiger partial charge in [0.15, 0.2) is 0 Å². The van der Waals surface area contributed by atoms with Crippen LogP contribution in [-0.4, -0.2) is 18.3 Å². The van der Waals surface area contributed by atoms with Crippen LogP contribution in [0.4, 0.5) is 5.69 Å². The lowest BCUT2D eigenvalue weighted by atomic mass is 10.1. The van der Waals surface area contributed by atoms with Gasteiger partial charge in [0.2, 0.25) is 0 Å². The highest BCUT2D eigenvalue weighted by atomic mass is 16.3. The Hall–Kier alpha value is -1.02. The van der Waals surface area contributed by atoms with Crippen molar-refractivity contribution in [1.29, 1.82) is 0 Å². The summed E-state index contributed by atoms with van der Waals surface area (Å²) in [6, 6.07) is 6.38. The zero-order chi connectivity index (χ0) is 11.3. The van der Waals surface area contributed by atoms with Crippen molar-refractivity contribution in [2.45, 2.75) is 27.2 Å². The monoisotopic (exact) mass is 207 g/mol. The van der Waals surface area contributed by atoms with Crippen molar-refractivity contribution in [1.82, 2.24) is 0 Å². The number of aliphatic hydroxyl groups is 1. The molecule has 1 rings (SSSR count). The lowest BCUT2D eigenvalue weighted by Gasteiger charge is -2.15. The summed E-state index contributed by atoms with van der Waals surface area (Å²) in [6.45, 7) is 7.41. The Bertz CT molecular complexity index is 305. The molecule has 84 valence electrons. The van der Waals surface area contributed by atoms with Gasteiger partial charge in [0, 0.05) is 18.8 Å². The summed E-state index contributed by atoms with van der Waals surface area (Å²) in [6.07, 6.45) is 1.01. The molecule has 1 aromatic rings. The van der Waals surface area contributed by atoms with Gasteiger partial charge in [-0.1, -0.05) is 24.6 Å². The number of hydrogen-bond acceptors (Lipinski definition) is 2. The highest BCUT2D eigenvalue weighted by molar-refractivity contribution is 5.51. The second kappa shape index (κ2) is 5.76. The van der Waals surface area contributed by atoms with Gasteiger partial charge < -0.3 is 10.4 Å². The molecule has 0 heterocycles. The molecule has 0 saturated carbocycles. The van der Waals surface area contributed by atoms with E-state index >= 15 is 0 Å². The van der Waals surface area contributed by atoms with E-state index in [0.29, 0.717) is 5.92 Å². The van der Waals surface area contributed by atoms with Crippen LogP contribution in [0.15, 0.2) is 18.2 Å². The van der Waals surface area contributed by atoms with E-state index in [9.17, 15) is 0 Å². The molecule has 0 radical (unpaired) electrons. The van der Waals surface area contributed by atoms with Crippen LogP contribution < -0.4 is 5.32 Å². The van der Waals surface area contributed by atoms with Crippen molar-refractivity contribution in [2.24, 2.45) is 5.92 Å². The predicted molar refractivity (Wildman–Crippen MR) is 65.3 cm³/mol. The maximum atomic E-state index is 9.08. The van der Waals surface area contributed by atoms with Gasteiger partial charge in [-0.05, 0) is 37.8 Å². The van der Waals surface area contributed by atoms with Gasteiger partial charge in [-0.25, -0.2) is 0 Å². The largest absolute Gasteiger partial charge is 0.396 e. The van der Waals surface area contributed by atoms with Crippen LogP contribution in [0.5, 0.6) is 0 Å². The third-order valence-corrected chi connectivity index (χ3v) is 2.80. The number of aryl methyl sites for hydroxylation is 2. The van der Waals surface area contributed by atoms with E-state index < -0.39 is 0 Å². The lowest BCUT2D eigenvalue weighted by Crippen LogP contribution is -2.17. The third kappa shape index (κ3) is 3.56. The first kappa shape index (κ1) is 12.1. The fourth-order valence-electron chi connectivity index (χ4n) is 1.60. The number of nitrogens with one attached hydrogen (secondary N) is 1. The minimum Gasteiger partial charge on any atom is -0.396 e. The van der Waals surface area contributed by atoms with E-state index in [1.54, 1.807) is 0 Å². The topological polar surface area (TPSA) is 32.3 Å². The molecule has 2 nitrogen and oxygen atoms in total. The first-order valence-corrected chi connectivity index (χ1v) is 5.59. The van der Waals surface area contributed by atoms with E-state index in [0.717, 1.165) is 13.0 Å². The molecule has 0 spiro atoms. The second-order valence-corrected chi connectivity index (χ2v) is 4.16. The van der Waals surface area contributed by atoms with E-state index in [-0.39, 0.29) is 6.61 Å². The van der Waals surface area contributed by atoms with Gasteiger partial charge >= 0.3 is 0 Å². The summed E-state index contributed by atoms with van der Waals surface area (Å²) in [5.74, 6) is 0.353. The van der Waals surface area contributed by atoms with Gasteiger partial charge in [-0.15, -0.1) is 0 Å². The molecule has 2 heteroatoms. The fraction of sp³-hybridized carbons (Fsp3) is 0.538.